The van der Waals surface area contributed by atoms with Crippen molar-refractivity contribution in [2.24, 2.45) is 5.92 Å². The van der Waals surface area contributed by atoms with Crippen molar-refractivity contribution in [2.45, 2.75) is 51.6 Å². The van der Waals surface area contributed by atoms with Crippen LogP contribution in [0.4, 0.5) is 0 Å². The predicted octanol–water partition coefficient (Wildman–Crippen LogP) is 3.92. The van der Waals surface area contributed by atoms with Gasteiger partial charge < -0.3 is 10.1 Å². The fourth-order valence-electron chi connectivity index (χ4n) is 2.78. The monoisotopic (exact) mass is 247 g/mol. The summed E-state index contributed by atoms with van der Waals surface area (Å²) in [6.07, 6.45) is 5.27. The van der Waals surface area contributed by atoms with Crippen molar-refractivity contribution in [3.63, 3.8) is 0 Å². The molecule has 0 radical (unpaired) electrons. The van der Waals surface area contributed by atoms with Crippen molar-refractivity contribution >= 4 is 0 Å². The van der Waals surface area contributed by atoms with Crippen LogP contribution in [0, 0.1) is 5.92 Å². The Labute approximate surface area is 111 Å². The van der Waals surface area contributed by atoms with Crippen LogP contribution in [-0.2, 0) is 0 Å². The zero-order valence-corrected chi connectivity index (χ0v) is 11.8. The second-order valence-electron chi connectivity index (χ2n) is 5.35. The Morgan fingerprint density at radius 2 is 2.06 bits per heavy atom. The van der Waals surface area contributed by atoms with Gasteiger partial charge in [-0.3, -0.25) is 0 Å². The summed E-state index contributed by atoms with van der Waals surface area (Å²) < 4.78 is 5.47. The number of nitrogens with one attached hydrogen (secondary N) is 1. The van der Waals surface area contributed by atoms with E-state index in [4.69, 9.17) is 4.74 Å². The van der Waals surface area contributed by atoms with Crippen LogP contribution in [0.15, 0.2) is 24.3 Å². The molecule has 0 aliphatic heterocycles. The highest BCUT2D eigenvalue weighted by atomic mass is 16.5. The van der Waals surface area contributed by atoms with Crippen molar-refractivity contribution < 1.29 is 4.74 Å². The summed E-state index contributed by atoms with van der Waals surface area (Å²) in [5.74, 6) is 1.87. The quantitative estimate of drug-likeness (QED) is 0.822. The van der Waals surface area contributed by atoms with Gasteiger partial charge in [-0.2, -0.15) is 0 Å². The second-order valence-corrected chi connectivity index (χ2v) is 5.35. The summed E-state index contributed by atoms with van der Waals surface area (Å²) in [5, 5.41) is 3.78. The van der Waals surface area contributed by atoms with Gasteiger partial charge in [0.1, 0.15) is 5.75 Å². The summed E-state index contributed by atoms with van der Waals surface area (Å²) in [7, 11) is 1.75. The molecule has 1 aliphatic rings. The average Bonchev–Trinajstić information content (AvgIpc) is 2.34. The zero-order valence-electron chi connectivity index (χ0n) is 11.8. The Kier molecular flexibility index (Phi) is 4.65. The van der Waals surface area contributed by atoms with Crippen molar-refractivity contribution in [3.8, 4) is 5.75 Å². The van der Waals surface area contributed by atoms with Crippen LogP contribution < -0.4 is 10.1 Å². The first-order chi connectivity index (χ1) is 8.76. The Hall–Kier alpha value is -1.02. The van der Waals surface area contributed by atoms with Crippen LogP contribution in [-0.4, -0.2) is 13.2 Å². The van der Waals surface area contributed by atoms with E-state index in [9.17, 15) is 0 Å². The Bertz CT molecular complexity index is 373. The zero-order chi connectivity index (χ0) is 13.0. The number of para-hydroxylation sites is 1. The minimum atomic E-state index is 0.400. The molecule has 2 rings (SSSR count). The first kappa shape index (κ1) is 13.4. The molecule has 1 saturated carbocycles. The van der Waals surface area contributed by atoms with Crippen LogP contribution in [0.5, 0.6) is 5.75 Å². The van der Waals surface area contributed by atoms with E-state index < -0.39 is 0 Å². The predicted molar refractivity (Wildman–Crippen MR) is 76.0 cm³/mol. The molecule has 1 aliphatic carbocycles. The molecule has 2 nitrogen and oxygen atoms in total. The van der Waals surface area contributed by atoms with Crippen LogP contribution in [0.25, 0.3) is 0 Å². The number of ether oxygens (including phenoxy) is 1. The lowest BCUT2D eigenvalue weighted by Gasteiger charge is -2.35. The number of hydrogen-bond donors (Lipinski definition) is 1. The maximum absolute atomic E-state index is 5.47. The minimum absolute atomic E-state index is 0.400. The summed E-state index contributed by atoms with van der Waals surface area (Å²) in [5.41, 5.74) is 1.29. The molecule has 2 heteroatoms. The van der Waals surface area contributed by atoms with Crippen molar-refractivity contribution in [1.29, 1.82) is 0 Å². The lowest BCUT2D eigenvalue weighted by molar-refractivity contribution is 0.224. The molecule has 0 heterocycles. The highest BCUT2D eigenvalue weighted by Crippen LogP contribution is 2.32. The molecule has 1 fully saturated rings. The van der Waals surface area contributed by atoms with Crippen LogP contribution in [0.1, 0.15) is 51.1 Å². The van der Waals surface area contributed by atoms with Gasteiger partial charge in [0.25, 0.3) is 0 Å². The van der Waals surface area contributed by atoms with E-state index in [2.05, 4.69) is 31.3 Å². The summed E-state index contributed by atoms with van der Waals surface area (Å²) in [4.78, 5) is 0. The molecule has 0 saturated heterocycles. The van der Waals surface area contributed by atoms with E-state index in [-0.39, 0.29) is 0 Å². The SMILES string of the molecule is CCC(NC(C)C1CCC1)c1ccccc1OC. The van der Waals surface area contributed by atoms with Gasteiger partial charge in [0.05, 0.1) is 7.11 Å². The largest absolute Gasteiger partial charge is 0.496 e. The Balaban J connectivity index is 2.06. The lowest BCUT2D eigenvalue weighted by atomic mass is 9.80. The first-order valence-corrected chi connectivity index (χ1v) is 7.15. The van der Waals surface area contributed by atoms with E-state index in [1.807, 2.05) is 12.1 Å². The topological polar surface area (TPSA) is 21.3 Å². The molecule has 2 unspecified atom stereocenters. The third-order valence-electron chi connectivity index (χ3n) is 4.24. The third-order valence-corrected chi connectivity index (χ3v) is 4.24. The second kappa shape index (κ2) is 6.24. The molecular formula is C16H25NO. The molecular weight excluding hydrogens is 222 g/mol. The van der Waals surface area contributed by atoms with E-state index in [1.54, 1.807) is 7.11 Å². The van der Waals surface area contributed by atoms with Gasteiger partial charge in [0, 0.05) is 17.6 Å². The molecule has 0 aromatic heterocycles. The lowest BCUT2D eigenvalue weighted by Crippen LogP contribution is -2.39. The molecule has 0 bridgehead atoms. The fraction of sp³-hybridized carbons (Fsp3) is 0.625. The number of rotatable bonds is 6. The van der Waals surface area contributed by atoms with Crippen molar-refractivity contribution in [2.75, 3.05) is 7.11 Å². The van der Waals surface area contributed by atoms with Crippen LogP contribution in [0.2, 0.25) is 0 Å². The fourth-order valence-corrected chi connectivity index (χ4v) is 2.78. The van der Waals surface area contributed by atoms with Gasteiger partial charge in [-0.1, -0.05) is 31.5 Å². The van der Waals surface area contributed by atoms with Crippen molar-refractivity contribution in [3.05, 3.63) is 29.8 Å². The van der Waals surface area contributed by atoms with Gasteiger partial charge in [-0.15, -0.1) is 0 Å². The minimum Gasteiger partial charge on any atom is -0.496 e. The molecule has 1 N–H and O–H groups in total. The highest BCUT2D eigenvalue weighted by molar-refractivity contribution is 5.35. The molecule has 1 aromatic carbocycles. The Morgan fingerprint density at radius 1 is 1.33 bits per heavy atom. The number of hydrogen-bond acceptors (Lipinski definition) is 2. The van der Waals surface area contributed by atoms with Gasteiger partial charge in [0.2, 0.25) is 0 Å². The van der Waals surface area contributed by atoms with Crippen LogP contribution >= 0.6 is 0 Å². The van der Waals surface area contributed by atoms with E-state index >= 15 is 0 Å². The normalized spacial score (nSPS) is 19.1. The molecule has 18 heavy (non-hydrogen) atoms. The molecule has 2 atom stereocenters. The standard InChI is InChI=1S/C16H25NO/c1-4-15(17-12(2)13-8-7-9-13)14-10-5-6-11-16(14)18-3/h5-6,10-13,15,17H,4,7-9H2,1-3H3. The smallest absolute Gasteiger partial charge is 0.123 e. The highest BCUT2D eigenvalue weighted by Gasteiger charge is 2.26. The first-order valence-electron chi connectivity index (χ1n) is 7.15. The van der Waals surface area contributed by atoms with E-state index in [0.717, 1.165) is 18.1 Å². The molecule has 1 aromatic rings. The van der Waals surface area contributed by atoms with Gasteiger partial charge in [0.15, 0.2) is 0 Å². The third kappa shape index (κ3) is 2.86. The number of methoxy groups -OCH3 is 1. The maximum atomic E-state index is 5.47. The maximum Gasteiger partial charge on any atom is 0.123 e. The van der Waals surface area contributed by atoms with Gasteiger partial charge in [-0.25, -0.2) is 0 Å². The molecule has 0 spiro atoms. The number of benzene rings is 1. The summed E-state index contributed by atoms with van der Waals surface area (Å²) in [6.45, 7) is 4.56. The summed E-state index contributed by atoms with van der Waals surface area (Å²) >= 11 is 0. The van der Waals surface area contributed by atoms with Gasteiger partial charge >= 0.3 is 0 Å². The summed E-state index contributed by atoms with van der Waals surface area (Å²) in [6, 6.07) is 9.35. The van der Waals surface area contributed by atoms with Crippen molar-refractivity contribution in [1.82, 2.24) is 5.32 Å². The Morgan fingerprint density at radius 3 is 2.61 bits per heavy atom. The average molecular weight is 247 g/mol. The van der Waals surface area contributed by atoms with Gasteiger partial charge in [-0.05, 0) is 38.2 Å². The van der Waals surface area contributed by atoms with E-state index in [1.165, 1.54) is 24.8 Å². The molecule has 0 amide bonds. The molecule has 100 valence electrons. The van der Waals surface area contributed by atoms with E-state index in [0.29, 0.717) is 12.1 Å². The van der Waals surface area contributed by atoms with Crippen LogP contribution in [0.3, 0.4) is 0 Å².